The van der Waals surface area contributed by atoms with Crippen LogP contribution in [0.5, 0.6) is 0 Å². The molecule has 0 bridgehead atoms. The van der Waals surface area contributed by atoms with Crippen molar-refractivity contribution >= 4 is 33.4 Å². The molecule has 1 aliphatic heterocycles. The molecule has 1 saturated heterocycles. The lowest BCUT2D eigenvalue weighted by Crippen LogP contribution is -2.35. The molecule has 1 fully saturated rings. The second-order valence-electron chi connectivity index (χ2n) is 4.35. The number of ether oxygens (including phenoxy) is 1. The summed E-state index contributed by atoms with van der Waals surface area (Å²) in [6.45, 7) is 0.295. The molecule has 108 valence electrons. The Balaban J connectivity index is 2.15. The Morgan fingerprint density at radius 2 is 2.40 bits per heavy atom. The predicted octanol–water partition coefficient (Wildman–Crippen LogP) is 2.00. The van der Waals surface area contributed by atoms with Crippen molar-refractivity contribution in [2.24, 2.45) is 5.92 Å². The van der Waals surface area contributed by atoms with Gasteiger partial charge in [0.25, 0.3) is 0 Å². The summed E-state index contributed by atoms with van der Waals surface area (Å²) >= 11 is 3.19. The van der Waals surface area contributed by atoms with E-state index in [1.54, 1.807) is 0 Å². The number of nitrogens with zero attached hydrogens (tertiary/aromatic N) is 2. The first kappa shape index (κ1) is 14.7. The van der Waals surface area contributed by atoms with Gasteiger partial charge < -0.3 is 25.3 Å². The molecule has 0 radical (unpaired) electrons. The molecule has 1 aromatic rings. The number of anilines is 1. The highest BCUT2D eigenvalue weighted by molar-refractivity contribution is 9.10. The fourth-order valence-electron chi connectivity index (χ4n) is 1.98. The Labute approximate surface area is 122 Å². The number of carboxylic acids is 1. The van der Waals surface area contributed by atoms with Gasteiger partial charge in [0.15, 0.2) is 6.20 Å². The third-order valence-electron chi connectivity index (χ3n) is 2.96. The summed E-state index contributed by atoms with van der Waals surface area (Å²) in [5.41, 5.74) is 0.195. The van der Waals surface area contributed by atoms with Gasteiger partial charge in [-0.3, -0.25) is 4.79 Å². The van der Waals surface area contributed by atoms with Crippen molar-refractivity contribution in [1.29, 1.82) is 0 Å². The van der Waals surface area contributed by atoms with Crippen molar-refractivity contribution in [3.05, 3.63) is 26.9 Å². The molecule has 0 aromatic carbocycles. The molecule has 2 atom stereocenters. The van der Waals surface area contributed by atoms with Crippen LogP contribution in [0.4, 0.5) is 11.5 Å². The van der Waals surface area contributed by atoms with E-state index in [1.165, 1.54) is 12.3 Å². The monoisotopic (exact) mass is 345 g/mol. The Bertz CT molecular complexity index is 539. The maximum atomic E-state index is 11.0. The molecule has 2 N–H and O–H groups in total. The number of halogens is 1. The van der Waals surface area contributed by atoms with Crippen molar-refractivity contribution in [2.75, 3.05) is 11.9 Å². The normalized spacial score (nSPS) is 22.2. The van der Waals surface area contributed by atoms with Crippen LogP contribution in [0.1, 0.15) is 12.8 Å². The van der Waals surface area contributed by atoms with E-state index in [4.69, 9.17) is 9.84 Å². The van der Waals surface area contributed by atoms with Crippen molar-refractivity contribution in [3.8, 4) is 0 Å². The standard InChI is InChI=1S/C11H12BrN3O5/c12-7-4-8(10(13-5-7)15(18)19)14-9-3-6(11(16)17)1-2-20-9/h4-6,9,14H,1-3H2,(H,16,17). The minimum Gasteiger partial charge on any atom is -0.481 e. The number of rotatable bonds is 4. The van der Waals surface area contributed by atoms with Gasteiger partial charge in [0, 0.05) is 13.0 Å². The maximum Gasteiger partial charge on any atom is 0.387 e. The molecule has 0 spiro atoms. The molecule has 0 amide bonds. The van der Waals surface area contributed by atoms with E-state index in [0.717, 1.165) is 0 Å². The molecule has 2 heterocycles. The molecular weight excluding hydrogens is 334 g/mol. The summed E-state index contributed by atoms with van der Waals surface area (Å²) in [7, 11) is 0. The molecule has 1 aliphatic rings. The summed E-state index contributed by atoms with van der Waals surface area (Å²) in [5, 5.41) is 22.7. The molecule has 20 heavy (non-hydrogen) atoms. The van der Waals surface area contributed by atoms with Crippen LogP contribution < -0.4 is 5.32 Å². The van der Waals surface area contributed by atoms with Gasteiger partial charge in [-0.1, -0.05) is 0 Å². The number of hydrogen-bond acceptors (Lipinski definition) is 6. The molecule has 8 nitrogen and oxygen atoms in total. The van der Waals surface area contributed by atoms with Crippen LogP contribution in [0.15, 0.2) is 16.7 Å². The molecule has 0 aliphatic carbocycles. The third kappa shape index (κ3) is 3.42. The summed E-state index contributed by atoms with van der Waals surface area (Å²) < 4.78 is 5.98. The van der Waals surface area contributed by atoms with Crippen LogP contribution in [0.25, 0.3) is 0 Å². The van der Waals surface area contributed by atoms with E-state index in [9.17, 15) is 14.9 Å². The van der Waals surface area contributed by atoms with Crippen LogP contribution in [-0.2, 0) is 9.53 Å². The second kappa shape index (κ2) is 6.14. The lowest BCUT2D eigenvalue weighted by Gasteiger charge is -2.28. The van der Waals surface area contributed by atoms with Gasteiger partial charge in [-0.05, 0) is 38.3 Å². The first-order chi connectivity index (χ1) is 9.47. The van der Waals surface area contributed by atoms with Crippen LogP contribution >= 0.6 is 15.9 Å². The number of hydrogen-bond donors (Lipinski definition) is 2. The fourth-order valence-corrected chi connectivity index (χ4v) is 2.31. The van der Waals surface area contributed by atoms with Gasteiger partial charge in [0.05, 0.1) is 10.4 Å². The lowest BCUT2D eigenvalue weighted by molar-refractivity contribution is -0.388. The van der Waals surface area contributed by atoms with E-state index in [0.29, 0.717) is 17.5 Å². The van der Waals surface area contributed by atoms with Gasteiger partial charge in [-0.15, -0.1) is 0 Å². The minimum absolute atomic E-state index is 0.195. The molecule has 1 aromatic heterocycles. The summed E-state index contributed by atoms with van der Waals surface area (Å²) in [6, 6.07) is 1.51. The van der Waals surface area contributed by atoms with Gasteiger partial charge in [0.1, 0.15) is 11.9 Å². The Kier molecular flexibility index (Phi) is 4.50. The molecule has 9 heteroatoms. The van der Waals surface area contributed by atoms with Crippen molar-refractivity contribution in [3.63, 3.8) is 0 Å². The highest BCUT2D eigenvalue weighted by Gasteiger charge is 2.29. The van der Waals surface area contributed by atoms with Crippen molar-refractivity contribution in [1.82, 2.24) is 4.98 Å². The molecule has 2 rings (SSSR count). The summed E-state index contributed by atoms with van der Waals surface area (Å²) in [6.07, 6.45) is 1.43. The zero-order chi connectivity index (χ0) is 14.7. The molecular formula is C11H12BrN3O5. The highest BCUT2D eigenvalue weighted by Crippen LogP contribution is 2.28. The average Bonchev–Trinajstić information content (AvgIpc) is 2.38. The number of pyridine rings is 1. The number of aromatic nitrogens is 1. The van der Waals surface area contributed by atoms with Gasteiger partial charge >= 0.3 is 11.8 Å². The Morgan fingerprint density at radius 1 is 1.65 bits per heavy atom. The Hall–Kier alpha value is -1.74. The van der Waals surface area contributed by atoms with Crippen LogP contribution in [0.2, 0.25) is 0 Å². The summed E-state index contributed by atoms with van der Waals surface area (Å²) in [4.78, 5) is 25.0. The fraction of sp³-hybridized carbons (Fsp3) is 0.455. The predicted molar refractivity (Wildman–Crippen MR) is 72.3 cm³/mol. The topological polar surface area (TPSA) is 115 Å². The second-order valence-corrected chi connectivity index (χ2v) is 5.26. The van der Waals surface area contributed by atoms with E-state index < -0.39 is 23.0 Å². The van der Waals surface area contributed by atoms with Crippen molar-refractivity contribution in [2.45, 2.75) is 19.1 Å². The van der Waals surface area contributed by atoms with E-state index >= 15 is 0 Å². The average molecular weight is 346 g/mol. The smallest absolute Gasteiger partial charge is 0.387 e. The first-order valence-corrected chi connectivity index (χ1v) is 6.67. The maximum absolute atomic E-state index is 11.0. The Morgan fingerprint density at radius 3 is 3.05 bits per heavy atom. The van der Waals surface area contributed by atoms with Gasteiger partial charge in [-0.25, -0.2) is 0 Å². The van der Waals surface area contributed by atoms with E-state index in [1.807, 2.05) is 0 Å². The quantitative estimate of drug-likeness (QED) is 0.633. The molecule has 2 unspecified atom stereocenters. The van der Waals surface area contributed by atoms with Gasteiger partial charge in [-0.2, -0.15) is 0 Å². The summed E-state index contributed by atoms with van der Waals surface area (Å²) in [5.74, 6) is -1.73. The number of aliphatic carboxylic acids is 1. The third-order valence-corrected chi connectivity index (χ3v) is 3.39. The molecule has 0 saturated carbocycles. The SMILES string of the molecule is O=C(O)C1CCOC(Nc2cc(Br)cnc2[N+](=O)[O-])C1. The van der Waals surface area contributed by atoms with Crippen LogP contribution in [0.3, 0.4) is 0 Å². The lowest BCUT2D eigenvalue weighted by atomic mass is 9.99. The zero-order valence-corrected chi connectivity index (χ0v) is 11.9. The van der Waals surface area contributed by atoms with Crippen LogP contribution in [0, 0.1) is 16.0 Å². The number of carboxylic acid groups (broad SMARTS) is 1. The van der Waals surface area contributed by atoms with E-state index in [-0.39, 0.29) is 17.9 Å². The minimum atomic E-state index is -0.887. The number of carbonyl (C=O) groups is 1. The van der Waals surface area contributed by atoms with E-state index in [2.05, 4.69) is 26.2 Å². The first-order valence-electron chi connectivity index (χ1n) is 5.88. The van der Waals surface area contributed by atoms with Gasteiger partial charge in [0.2, 0.25) is 0 Å². The number of nitrogens with one attached hydrogen (secondary N) is 1. The number of nitro groups is 1. The highest BCUT2D eigenvalue weighted by atomic mass is 79.9. The van der Waals surface area contributed by atoms with Crippen LogP contribution in [-0.4, -0.2) is 33.8 Å². The zero-order valence-electron chi connectivity index (χ0n) is 10.3. The van der Waals surface area contributed by atoms with Crippen molar-refractivity contribution < 1.29 is 19.6 Å². The largest absolute Gasteiger partial charge is 0.481 e.